The molecule has 19 heavy (non-hydrogen) atoms. The number of carbonyl (C=O) groups is 1. The molecule has 0 radical (unpaired) electrons. The Bertz CT molecular complexity index is 616. The third-order valence-electron chi connectivity index (χ3n) is 2.46. The molecule has 0 aliphatic rings. The SMILES string of the molecule is O=C(Cc1cccc(Br)c1)Nc1ccc(Br)c(F)c1. The molecule has 0 bridgehead atoms. The van der Waals surface area contributed by atoms with Crippen LogP contribution in [0.25, 0.3) is 0 Å². The Hall–Kier alpha value is -1.20. The first-order valence-electron chi connectivity index (χ1n) is 5.54. The highest BCUT2D eigenvalue weighted by Crippen LogP contribution is 2.19. The Balaban J connectivity index is 2.03. The molecule has 1 N–H and O–H groups in total. The first-order chi connectivity index (χ1) is 9.04. The summed E-state index contributed by atoms with van der Waals surface area (Å²) >= 11 is 6.41. The first-order valence-corrected chi connectivity index (χ1v) is 7.12. The van der Waals surface area contributed by atoms with Crippen molar-refractivity contribution in [1.29, 1.82) is 0 Å². The fraction of sp³-hybridized carbons (Fsp3) is 0.0714. The summed E-state index contributed by atoms with van der Waals surface area (Å²) in [7, 11) is 0. The third kappa shape index (κ3) is 4.14. The molecule has 0 atom stereocenters. The minimum Gasteiger partial charge on any atom is -0.326 e. The van der Waals surface area contributed by atoms with Crippen LogP contribution in [-0.2, 0) is 11.2 Å². The van der Waals surface area contributed by atoms with E-state index in [4.69, 9.17) is 0 Å². The average molecular weight is 387 g/mol. The van der Waals surface area contributed by atoms with Crippen LogP contribution in [0.3, 0.4) is 0 Å². The van der Waals surface area contributed by atoms with Gasteiger partial charge in [0.1, 0.15) is 5.82 Å². The molecule has 0 aromatic heterocycles. The van der Waals surface area contributed by atoms with Gasteiger partial charge in [0, 0.05) is 10.2 Å². The summed E-state index contributed by atoms with van der Waals surface area (Å²) in [6.45, 7) is 0. The fourth-order valence-electron chi connectivity index (χ4n) is 1.61. The van der Waals surface area contributed by atoms with Crippen molar-refractivity contribution < 1.29 is 9.18 Å². The van der Waals surface area contributed by atoms with Gasteiger partial charge in [-0.2, -0.15) is 0 Å². The van der Waals surface area contributed by atoms with E-state index < -0.39 is 5.82 Å². The number of rotatable bonds is 3. The van der Waals surface area contributed by atoms with Gasteiger partial charge < -0.3 is 5.32 Å². The predicted octanol–water partition coefficient (Wildman–Crippen LogP) is 4.53. The molecule has 0 aliphatic heterocycles. The highest BCUT2D eigenvalue weighted by atomic mass is 79.9. The van der Waals surface area contributed by atoms with Crippen molar-refractivity contribution in [2.24, 2.45) is 0 Å². The van der Waals surface area contributed by atoms with Gasteiger partial charge in [-0.3, -0.25) is 4.79 Å². The second kappa shape index (κ2) is 6.30. The summed E-state index contributed by atoms with van der Waals surface area (Å²) in [6.07, 6.45) is 0.247. The second-order valence-electron chi connectivity index (χ2n) is 3.98. The molecule has 1 amide bonds. The van der Waals surface area contributed by atoms with E-state index in [0.717, 1.165) is 10.0 Å². The standard InChI is InChI=1S/C14H10Br2FNO/c15-10-3-1-2-9(6-10)7-14(19)18-11-4-5-12(16)13(17)8-11/h1-6,8H,7H2,(H,18,19). The van der Waals surface area contributed by atoms with Crippen LogP contribution >= 0.6 is 31.9 Å². The van der Waals surface area contributed by atoms with Crippen molar-refractivity contribution in [3.63, 3.8) is 0 Å². The minimum atomic E-state index is -0.403. The summed E-state index contributed by atoms with van der Waals surface area (Å²) in [6, 6.07) is 12.0. The van der Waals surface area contributed by atoms with Gasteiger partial charge in [0.05, 0.1) is 10.9 Å². The zero-order valence-electron chi connectivity index (χ0n) is 9.79. The van der Waals surface area contributed by atoms with Gasteiger partial charge in [-0.05, 0) is 51.8 Å². The largest absolute Gasteiger partial charge is 0.326 e. The molecule has 0 spiro atoms. The lowest BCUT2D eigenvalue weighted by Gasteiger charge is -2.06. The zero-order chi connectivity index (χ0) is 13.8. The smallest absolute Gasteiger partial charge is 0.228 e. The lowest BCUT2D eigenvalue weighted by atomic mass is 10.1. The number of anilines is 1. The molecule has 0 unspecified atom stereocenters. The fourth-order valence-corrected chi connectivity index (χ4v) is 2.30. The molecule has 2 aromatic rings. The highest BCUT2D eigenvalue weighted by molar-refractivity contribution is 9.10. The van der Waals surface area contributed by atoms with Gasteiger partial charge in [-0.1, -0.05) is 28.1 Å². The number of nitrogens with one attached hydrogen (secondary N) is 1. The van der Waals surface area contributed by atoms with Crippen LogP contribution in [0.4, 0.5) is 10.1 Å². The quantitative estimate of drug-likeness (QED) is 0.824. The molecule has 0 aliphatic carbocycles. The molecule has 2 nitrogen and oxygen atoms in total. The Morgan fingerprint density at radius 1 is 1.16 bits per heavy atom. The van der Waals surface area contributed by atoms with Crippen LogP contribution in [0.5, 0.6) is 0 Å². The highest BCUT2D eigenvalue weighted by Gasteiger charge is 2.06. The second-order valence-corrected chi connectivity index (χ2v) is 5.75. The normalized spacial score (nSPS) is 10.3. The van der Waals surface area contributed by atoms with Crippen LogP contribution in [0.1, 0.15) is 5.56 Å². The van der Waals surface area contributed by atoms with Gasteiger partial charge in [0.25, 0.3) is 0 Å². The molecule has 98 valence electrons. The maximum atomic E-state index is 13.3. The monoisotopic (exact) mass is 385 g/mol. The van der Waals surface area contributed by atoms with Crippen LogP contribution < -0.4 is 5.32 Å². The van der Waals surface area contributed by atoms with Crippen molar-refractivity contribution >= 4 is 43.5 Å². The van der Waals surface area contributed by atoms with E-state index in [1.165, 1.54) is 6.07 Å². The maximum absolute atomic E-state index is 13.3. The van der Waals surface area contributed by atoms with Crippen molar-refractivity contribution in [3.05, 3.63) is 62.8 Å². The lowest BCUT2D eigenvalue weighted by molar-refractivity contribution is -0.115. The van der Waals surface area contributed by atoms with E-state index in [0.29, 0.717) is 10.2 Å². The topological polar surface area (TPSA) is 29.1 Å². The predicted molar refractivity (Wildman–Crippen MR) is 80.6 cm³/mol. The van der Waals surface area contributed by atoms with E-state index >= 15 is 0 Å². The zero-order valence-corrected chi connectivity index (χ0v) is 13.0. The molecule has 0 saturated heterocycles. The van der Waals surface area contributed by atoms with Crippen LogP contribution in [0.2, 0.25) is 0 Å². The lowest BCUT2D eigenvalue weighted by Crippen LogP contribution is -2.14. The van der Waals surface area contributed by atoms with Crippen LogP contribution in [-0.4, -0.2) is 5.91 Å². The summed E-state index contributed by atoms with van der Waals surface area (Å²) < 4.78 is 14.6. The Morgan fingerprint density at radius 3 is 2.63 bits per heavy atom. The molecular weight excluding hydrogens is 377 g/mol. The number of benzene rings is 2. The van der Waals surface area contributed by atoms with E-state index in [9.17, 15) is 9.18 Å². The van der Waals surface area contributed by atoms with Crippen molar-refractivity contribution in [2.75, 3.05) is 5.32 Å². The molecule has 2 rings (SSSR count). The van der Waals surface area contributed by atoms with Gasteiger partial charge in [-0.25, -0.2) is 4.39 Å². The number of amides is 1. The van der Waals surface area contributed by atoms with Gasteiger partial charge in [0.15, 0.2) is 0 Å². The van der Waals surface area contributed by atoms with E-state index in [1.807, 2.05) is 24.3 Å². The van der Waals surface area contributed by atoms with Crippen molar-refractivity contribution in [1.82, 2.24) is 0 Å². The number of carbonyl (C=O) groups excluding carboxylic acids is 1. The maximum Gasteiger partial charge on any atom is 0.228 e. The Labute approximate surface area is 127 Å². The van der Waals surface area contributed by atoms with Gasteiger partial charge >= 0.3 is 0 Å². The summed E-state index contributed by atoms with van der Waals surface area (Å²) in [4.78, 5) is 11.8. The average Bonchev–Trinajstić information content (AvgIpc) is 2.34. The van der Waals surface area contributed by atoms with E-state index in [-0.39, 0.29) is 12.3 Å². The minimum absolute atomic E-state index is 0.181. The number of halogens is 3. The Kier molecular flexibility index (Phi) is 4.71. The van der Waals surface area contributed by atoms with Gasteiger partial charge in [0.2, 0.25) is 5.91 Å². The van der Waals surface area contributed by atoms with Crippen LogP contribution in [0, 0.1) is 5.82 Å². The van der Waals surface area contributed by atoms with E-state index in [2.05, 4.69) is 37.2 Å². The molecular formula is C14H10Br2FNO. The molecule has 0 saturated carbocycles. The number of hydrogen-bond acceptors (Lipinski definition) is 1. The van der Waals surface area contributed by atoms with Gasteiger partial charge in [-0.15, -0.1) is 0 Å². The molecule has 0 fully saturated rings. The third-order valence-corrected chi connectivity index (χ3v) is 3.59. The molecule has 2 aromatic carbocycles. The molecule has 0 heterocycles. The summed E-state index contributed by atoms with van der Waals surface area (Å²) in [5.41, 5.74) is 1.34. The first kappa shape index (κ1) is 14.2. The van der Waals surface area contributed by atoms with Crippen molar-refractivity contribution in [3.8, 4) is 0 Å². The summed E-state index contributed by atoms with van der Waals surface area (Å²) in [5.74, 6) is -0.583. The number of hydrogen-bond donors (Lipinski definition) is 1. The van der Waals surface area contributed by atoms with Crippen molar-refractivity contribution in [2.45, 2.75) is 6.42 Å². The summed E-state index contributed by atoms with van der Waals surface area (Å²) in [5, 5.41) is 2.66. The Morgan fingerprint density at radius 2 is 1.95 bits per heavy atom. The van der Waals surface area contributed by atoms with Crippen LogP contribution in [0.15, 0.2) is 51.4 Å². The van der Waals surface area contributed by atoms with E-state index in [1.54, 1.807) is 12.1 Å². The molecule has 5 heteroatoms.